The van der Waals surface area contributed by atoms with Gasteiger partial charge in [-0.3, -0.25) is 4.99 Å². The number of nitrogens with zero attached hydrogens (tertiary/aromatic N) is 2. The largest absolute Gasteiger partial charge is 0.356 e. The van der Waals surface area contributed by atoms with Crippen molar-refractivity contribution in [3.8, 4) is 0 Å². The second-order valence-corrected chi connectivity index (χ2v) is 5.46. The molecule has 0 fully saturated rings. The van der Waals surface area contributed by atoms with Crippen LogP contribution in [0.15, 0.2) is 41.9 Å². The normalized spacial score (nSPS) is 11.0. The van der Waals surface area contributed by atoms with Crippen LogP contribution in [0.1, 0.15) is 11.4 Å². The van der Waals surface area contributed by atoms with Crippen LogP contribution in [0.3, 0.4) is 0 Å². The van der Waals surface area contributed by atoms with Gasteiger partial charge in [0.2, 0.25) is 0 Å². The first-order valence-electron chi connectivity index (χ1n) is 6.73. The monoisotopic (exact) mass is 416 g/mol. The summed E-state index contributed by atoms with van der Waals surface area (Å²) in [5.41, 5.74) is 1.10. The Morgan fingerprint density at radius 1 is 1.38 bits per heavy atom. The Bertz CT molecular complexity index is 561. The van der Waals surface area contributed by atoms with Crippen molar-refractivity contribution in [1.82, 2.24) is 15.6 Å². The number of nitrogens with one attached hydrogen (secondary N) is 2. The van der Waals surface area contributed by atoms with Crippen LogP contribution in [0.25, 0.3) is 10.2 Å². The summed E-state index contributed by atoms with van der Waals surface area (Å²) in [7, 11) is 1.77. The lowest BCUT2D eigenvalue weighted by Gasteiger charge is -2.09. The summed E-state index contributed by atoms with van der Waals surface area (Å²) in [6, 6.07) is 8.27. The smallest absolute Gasteiger partial charge is 0.191 e. The van der Waals surface area contributed by atoms with Crippen LogP contribution < -0.4 is 10.6 Å². The Morgan fingerprint density at radius 3 is 2.90 bits per heavy atom. The van der Waals surface area contributed by atoms with E-state index in [4.69, 9.17) is 0 Å². The van der Waals surface area contributed by atoms with Crippen molar-refractivity contribution in [2.45, 2.75) is 12.8 Å². The molecule has 1 heterocycles. The van der Waals surface area contributed by atoms with Gasteiger partial charge in [-0.2, -0.15) is 0 Å². The minimum Gasteiger partial charge on any atom is -0.356 e. The third-order valence-electron chi connectivity index (χ3n) is 2.84. The van der Waals surface area contributed by atoms with Crippen LogP contribution >= 0.6 is 35.3 Å². The molecule has 0 saturated heterocycles. The maximum atomic E-state index is 4.63. The number of hydrogen-bond acceptors (Lipinski definition) is 3. The number of fused-ring (bicyclic) bond motifs is 1. The Kier molecular flexibility index (Phi) is 8.29. The highest BCUT2D eigenvalue weighted by Gasteiger charge is 2.03. The highest BCUT2D eigenvalue weighted by atomic mass is 127. The molecule has 0 unspecified atom stereocenters. The van der Waals surface area contributed by atoms with Crippen molar-refractivity contribution in [1.29, 1.82) is 0 Å². The van der Waals surface area contributed by atoms with Gasteiger partial charge in [0.1, 0.15) is 0 Å². The fourth-order valence-electron chi connectivity index (χ4n) is 1.86. The van der Waals surface area contributed by atoms with Crippen LogP contribution in [0.5, 0.6) is 0 Å². The van der Waals surface area contributed by atoms with E-state index < -0.39 is 0 Å². The molecule has 0 saturated carbocycles. The van der Waals surface area contributed by atoms with Gasteiger partial charge in [0.25, 0.3) is 0 Å². The molecule has 0 amide bonds. The minimum absolute atomic E-state index is 0. The molecular formula is C15H21IN4S. The zero-order valence-electron chi connectivity index (χ0n) is 12.1. The lowest BCUT2D eigenvalue weighted by atomic mass is 10.3. The van der Waals surface area contributed by atoms with Gasteiger partial charge in [0, 0.05) is 26.6 Å². The van der Waals surface area contributed by atoms with Gasteiger partial charge in [-0.25, -0.2) is 4.98 Å². The van der Waals surface area contributed by atoms with Crippen molar-refractivity contribution in [3.63, 3.8) is 0 Å². The summed E-state index contributed by atoms with van der Waals surface area (Å²) in [5.74, 6) is 0.814. The van der Waals surface area contributed by atoms with Gasteiger partial charge < -0.3 is 10.6 Å². The lowest BCUT2D eigenvalue weighted by Crippen LogP contribution is -2.37. The van der Waals surface area contributed by atoms with E-state index >= 15 is 0 Å². The third kappa shape index (κ3) is 5.62. The summed E-state index contributed by atoms with van der Waals surface area (Å²) in [5, 5.41) is 7.62. The van der Waals surface area contributed by atoms with E-state index in [9.17, 15) is 0 Å². The zero-order chi connectivity index (χ0) is 14.2. The zero-order valence-corrected chi connectivity index (χ0v) is 15.3. The number of aromatic nitrogens is 1. The highest BCUT2D eigenvalue weighted by Crippen LogP contribution is 2.22. The van der Waals surface area contributed by atoms with Crippen molar-refractivity contribution in [3.05, 3.63) is 41.9 Å². The van der Waals surface area contributed by atoms with Gasteiger partial charge in [-0.15, -0.1) is 41.9 Å². The number of guanidine groups is 1. The van der Waals surface area contributed by atoms with Crippen LogP contribution in [-0.2, 0) is 6.42 Å². The van der Waals surface area contributed by atoms with E-state index in [0.717, 1.165) is 37.4 Å². The molecule has 4 nitrogen and oxygen atoms in total. The lowest BCUT2D eigenvalue weighted by molar-refractivity contribution is 0.751. The molecule has 0 bridgehead atoms. The summed E-state index contributed by atoms with van der Waals surface area (Å²) >= 11 is 1.78. The fraction of sp³-hybridized carbons (Fsp3) is 0.333. The van der Waals surface area contributed by atoms with E-state index in [1.54, 1.807) is 18.4 Å². The van der Waals surface area contributed by atoms with E-state index in [0.29, 0.717) is 0 Å². The van der Waals surface area contributed by atoms with Gasteiger partial charge >= 0.3 is 0 Å². The van der Waals surface area contributed by atoms with Crippen LogP contribution in [0.4, 0.5) is 0 Å². The number of aliphatic imine (C=N–C) groups is 1. The number of rotatable bonds is 6. The quantitative estimate of drug-likeness (QED) is 0.250. The Balaban J connectivity index is 0.00000220. The summed E-state index contributed by atoms with van der Waals surface area (Å²) in [4.78, 5) is 8.77. The number of para-hydroxylation sites is 1. The third-order valence-corrected chi connectivity index (χ3v) is 3.93. The van der Waals surface area contributed by atoms with Gasteiger partial charge in [-0.05, 0) is 18.6 Å². The predicted molar refractivity (Wildman–Crippen MR) is 103 cm³/mol. The van der Waals surface area contributed by atoms with Crippen molar-refractivity contribution < 1.29 is 0 Å². The topological polar surface area (TPSA) is 49.3 Å². The maximum absolute atomic E-state index is 4.63. The Morgan fingerprint density at radius 2 is 2.19 bits per heavy atom. The molecule has 0 aliphatic carbocycles. The van der Waals surface area contributed by atoms with Gasteiger partial charge in [0.15, 0.2) is 5.96 Å². The average Bonchev–Trinajstić information content (AvgIpc) is 2.89. The molecule has 0 aliphatic heterocycles. The molecule has 0 atom stereocenters. The second kappa shape index (κ2) is 9.73. The average molecular weight is 416 g/mol. The Labute approximate surface area is 146 Å². The van der Waals surface area contributed by atoms with Crippen molar-refractivity contribution in [2.24, 2.45) is 4.99 Å². The van der Waals surface area contributed by atoms with E-state index in [1.165, 1.54) is 9.71 Å². The molecular weight excluding hydrogens is 395 g/mol. The molecule has 0 radical (unpaired) electrons. The first-order valence-corrected chi connectivity index (χ1v) is 7.55. The molecule has 2 aromatic rings. The van der Waals surface area contributed by atoms with Gasteiger partial charge in [0.05, 0.1) is 15.2 Å². The second-order valence-electron chi connectivity index (χ2n) is 4.35. The molecule has 21 heavy (non-hydrogen) atoms. The van der Waals surface area contributed by atoms with Crippen molar-refractivity contribution in [2.75, 3.05) is 20.1 Å². The standard InChI is InChI=1S/C15H20N4S.HI/c1-3-10-17-15(16-2)18-11-6-9-14-19-12-7-4-5-8-13(12)20-14;/h3-5,7-8H,1,6,9-11H2,2H3,(H2,16,17,18);1H. The van der Waals surface area contributed by atoms with E-state index in [-0.39, 0.29) is 24.0 Å². The first kappa shape index (κ1) is 17.9. The number of aryl methyl sites for hydroxylation is 1. The van der Waals surface area contributed by atoms with Crippen LogP contribution in [0, 0.1) is 0 Å². The molecule has 0 aliphatic rings. The maximum Gasteiger partial charge on any atom is 0.191 e. The van der Waals surface area contributed by atoms with Gasteiger partial charge in [-0.1, -0.05) is 18.2 Å². The molecule has 0 spiro atoms. The summed E-state index contributed by atoms with van der Waals surface area (Å²) in [6.07, 6.45) is 3.84. The molecule has 2 rings (SSSR count). The molecule has 6 heteroatoms. The number of hydrogen-bond donors (Lipinski definition) is 2. The minimum atomic E-state index is 0. The summed E-state index contributed by atoms with van der Waals surface area (Å²) < 4.78 is 1.26. The predicted octanol–water partition coefficient (Wildman–Crippen LogP) is 3.20. The van der Waals surface area contributed by atoms with Crippen LogP contribution in [0.2, 0.25) is 0 Å². The Hall–Kier alpha value is -1.15. The fourth-order valence-corrected chi connectivity index (χ4v) is 2.87. The molecule has 2 N–H and O–H groups in total. The number of thiazole rings is 1. The van der Waals surface area contributed by atoms with Crippen molar-refractivity contribution >= 4 is 51.5 Å². The highest BCUT2D eigenvalue weighted by molar-refractivity contribution is 14.0. The molecule has 1 aromatic carbocycles. The van der Waals surface area contributed by atoms with Crippen LogP contribution in [-0.4, -0.2) is 31.1 Å². The van der Waals surface area contributed by atoms with E-state index in [2.05, 4.69) is 45.4 Å². The molecule has 114 valence electrons. The first-order chi connectivity index (χ1) is 9.83. The molecule has 1 aromatic heterocycles. The number of halogens is 1. The summed E-state index contributed by atoms with van der Waals surface area (Å²) in [6.45, 7) is 5.27. The number of benzene rings is 1. The SMILES string of the molecule is C=CCNC(=NC)NCCCc1nc2ccccc2s1.I. The van der Waals surface area contributed by atoms with E-state index in [1.807, 2.05) is 12.1 Å².